The highest BCUT2D eigenvalue weighted by Crippen LogP contribution is 2.30. The summed E-state index contributed by atoms with van der Waals surface area (Å²) in [6.45, 7) is 6.70. The molecule has 1 fully saturated rings. The number of carbonyl (C=O) groups is 2. The molecule has 2 amide bonds. The molecule has 11 heteroatoms. The molecule has 1 unspecified atom stereocenters. The molecule has 5 rings (SSSR count). The lowest BCUT2D eigenvalue weighted by atomic mass is 10.2. The Morgan fingerprint density at radius 2 is 2.03 bits per heavy atom. The van der Waals surface area contributed by atoms with Crippen molar-refractivity contribution in [1.82, 2.24) is 29.3 Å². The van der Waals surface area contributed by atoms with Gasteiger partial charge in [0.05, 0.1) is 46.1 Å². The summed E-state index contributed by atoms with van der Waals surface area (Å²) < 4.78 is 3.40. The van der Waals surface area contributed by atoms with Crippen LogP contribution in [0.25, 0.3) is 15.3 Å². The maximum Gasteiger partial charge on any atom is 0.260 e. The molecule has 5 heterocycles. The van der Waals surface area contributed by atoms with E-state index in [9.17, 15) is 9.59 Å². The standard InChI is InChI=1S/C17H15N7O2S.C6H13N/c1-10-14(3-12(5-18-10)19-9-25)22-16(26)13-6-21-24-8-15(27-17(13)24)11-4-20-23(2)7-11;1-6-3-4-7(2)5-6/h3-9H,1-2H3,(H,19,25)(H,22,26);6H,3-5H2,1-2H3. The number of carbonyl (C=O) groups excluding carboxylic acids is 2. The van der Waals surface area contributed by atoms with Gasteiger partial charge in [-0.25, -0.2) is 4.52 Å². The number of amides is 2. The van der Waals surface area contributed by atoms with E-state index in [4.69, 9.17) is 0 Å². The monoisotopic (exact) mass is 480 g/mol. The van der Waals surface area contributed by atoms with E-state index in [1.165, 1.54) is 43.2 Å². The Kier molecular flexibility index (Phi) is 7.03. The van der Waals surface area contributed by atoms with E-state index in [-0.39, 0.29) is 5.91 Å². The second-order valence-electron chi connectivity index (χ2n) is 8.54. The number of thiazole rings is 1. The summed E-state index contributed by atoms with van der Waals surface area (Å²) >= 11 is 1.46. The van der Waals surface area contributed by atoms with Crippen LogP contribution in [-0.4, -0.2) is 61.7 Å². The number of aryl methyl sites for hydroxylation is 2. The van der Waals surface area contributed by atoms with Gasteiger partial charge in [0.25, 0.3) is 5.91 Å². The van der Waals surface area contributed by atoms with E-state index in [1.54, 1.807) is 28.4 Å². The summed E-state index contributed by atoms with van der Waals surface area (Å²) in [4.78, 5) is 31.6. The smallest absolute Gasteiger partial charge is 0.260 e. The number of aromatic nitrogens is 5. The average molecular weight is 481 g/mol. The van der Waals surface area contributed by atoms with Crippen molar-refractivity contribution < 1.29 is 9.59 Å². The van der Waals surface area contributed by atoms with Crippen LogP contribution >= 0.6 is 11.3 Å². The van der Waals surface area contributed by atoms with Gasteiger partial charge in [-0.1, -0.05) is 6.92 Å². The minimum atomic E-state index is -0.294. The second-order valence-corrected chi connectivity index (χ2v) is 9.57. The van der Waals surface area contributed by atoms with Crippen LogP contribution in [0.2, 0.25) is 0 Å². The minimum Gasteiger partial charge on any atom is -0.327 e. The zero-order chi connectivity index (χ0) is 24.2. The molecule has 4 aromatic rings. The van der Waals surface area contributed by atoms with E-state index in [0.29, 0.717) is 29.0 Å². The summed E-state index contributed by atoms with van der Waals surface area (Å²) in [5.41, 5.74) is 3.09. The SMILES string of the molecule is CC1CCN(C)C1.Cc1ncc(NC=O)cc1NC(=O)c1cnn2cc(-c3cnn(C)c3)sc12. The Morgan fingerprint density at radius 1 is 1.21 bits per heavy atom. The van der Waals surface area contributed by atoms with Gasteiger partial charge in [-0.15, -0.1) is 11.3 Å². The lowest BCUT2D eigenvalue weighted by Crippen LogP contribution is -2.13. The fourth-order valence-electron chi connectivity index (χ4n) is 3.78. The van der Waals surface area contributed by atoms with Crippen molar-refractivity contribution in [2.24, 2.45) is 13.0 Å². The first-order valence-electron chi connectivity index (χ1n) is 11.0. The maximum atomic E-state index is 12.8. The molecule has 34 heavy (non-hydrogen) atoms. The number of likely N-dealkylation sites (tertiary alicyclic amines) is 1. The van der Waals surface area contributed by atoms with E-state index in [0.717, 1.165) is 21.2 Å². The Balaban J connectivity index is 0.000000336. The fourth-order valence-corrected chi connectivity index (χ4v) is 4.81. The van der Waals surface area contributed by atoms with E-state index in [2.05, 4.69) is 44.7 Å². The van der Waals surface area contributed by atoms with Gasteiger partial charge in [-0.3, -0.25) is 19.3 Å². The molecule has 10 nitrogen and oxygen atoms in total. The van der Waals surface area contributed by atoms with Crippen molar-refractivity contribution in [2.45, 2.75) is 20.3 Å². The minimum absolute atomic E-state index is 0.294. The lowest BCUT2D eigenvalue weighted by Gasteiger charge is -2.08. The number of anilines is 2. The average Bonchev–Trinajstić information content (AvgIpc) is 3.56. The van der Waals surface area contributed by atoms with E-state index in [1.807, 2.05) is 19.4 Å². The van der Waals surface area contributed by atoms with Gasteiger partial charge in [0.2, 0.25) is 6.41 Å². The first-order chi connectivity index (χ1) is 16.3. The number of pyridine rings is 1. The molecule has 0 aliphatic carbocycles. The summed E-state index contributed by atoms with van der Waals surface area (Å²) in [5.74, 6) is 0.655. The summed E-state index contributed by atoms with van der Waals surface area (Å²) in [6.07, 6.45) is 10.6. The topological polar surface area (TPSA) is 109 Å². The highest BCUT2D eigenvalue weighted by atomic mass is 32.1. The Morgan fingerprint density at radius 3 is 2.65 bits per heavy atom. The van der Waals surface area contributed by atoms with Crippen LogP contribution in [-0.2, 0) is 11.8 Å². The molecule has 1 aliphatic rings. The molecule has 4 aromatic heterocycles. The van der Waals surface area contributed by atoms with Gasteiger partial charge >= 0.3 is 0 Å². The molecule has 0 saturated carbocycles. The Bertz CT molecular complexity index is 1300. The number of hydrogen-bond acceptors (Lipinski definition) is 7. The molecule has 0 bridgehead atoms. The van der Waals surface area contributed by atoms with E-state index < -0.39 is 0 Å². The van der Waals surface area contributed by atoms with Crippen LogP contribution < -0.4 is 10.6 Å². The van der Waals surface area contributed by atoms with Crippen molar-refractivity contribution in [3.63, 3.8) is 0 Å². The Labute approximate surface area is 201 Å². The van der Waals surface area contributed by atoms with Crippen LogP contribution in [0.3, 0.4) is 0 Å². The zero-order valence-electron chi connectivity index (χ0n) is 19.6. The molecule has 0 spiro atoms. The molecule has 2 N–H and O–H groups in total. The number of rotatable bonds is 5. The summed E-state index contributed by atoms with van der Waals surface area (Å²) in [6, 6.07) is 1.66. The molecule has 1 saturated heterocycles. The third-order valence-corrected chi connectivity index (χ3v) is 6.78. The van der Waals surface area contributed by atoms with Crippen LogP contribution in [0.5, 0.6) is 0 Å². The molecule has 178 valence electrons. The highest BCUT2D eigenvalue weighted by Gasteiger charge is 2.18. The molecule has 0 radical (unpaired) electrons. The third-order valence-electron chi connectivity index (χ3n) is 5.62. The lowest BCUT2D eigenvalue weighted by molar-refractivity contribution is -0.105. The van der Waals surface area contributed by atoms with Gasteiger partial charge in [0.1, 0.15) is 4.83 Å². The van der Waals surface area contributed by atoms with Gasteiger partial charge in [-0.05, 0) is 38.9 Å². The van der Waals surface area contributed by atoms with Gasteiger partial charge < -0.3 is 15.5 Å². The number of nitrogens with zero attached hydrogens (tertiary/aromatic N) is 6. The predicted octanol–water partition coefficient (Wildman–Crippen LogP) is 3.28. The Hall–Kier alpha value is -3.57. The van der Waals surface area contributed by atoms with E-state index >= 15 is 0 Å². The van der Waals surface area contributed by atoms with Gasteiger partial charge in [0.15, 0.2) is 0 Å². The largest absolute Gasteiger partial charge is 0.327 e. The van der Waals surface area contributed by atoms with Crippen LogP contribution in [0.4, 0.5) is 11.4 Å². The molecule has 0 aromatic carbocycles. The van der Waals surface area contributed by atoms with Crippen LogP contribution in [0.1, 0.15) is 29.4 Å². The van der Waals surface area contributed by atoms with Crippen molar-refractivity contribution >= 4 is 39.9 Å². The quantitative estimate of drug-likeness (QED) is 0.424. The zero-order valence-corrected chi connectivity index (χ0v) is 20.5. The van der Waals surface area contributed by atoms with Crippen molar-refractivity contribution in [3.05, 3.63) is 48.3 Å². The molecular formula is C23H28N8O2S. The predicted molar refractivity (Wildman–Crippen MR) is 133 cm³/mol. The van der Waals surface area contributed by atoms with Crippen molar-refractivity contribution in [3.8, 4) is 10.4 Å². The molecule has 1 atom stereocenters. The van der Waals surface area contributed by atoms with Crippen molar-refractivity contribution in [2.75, 3.05) is 30.8 Å². The summed E-state index contributed by atoms with van der Waals surface area (Å²) in [7, 11) is 4.04. The first kappa shape index (κ1) is 23.6. The van der Waals surface area contributed by atoms with Crippen LogP contribution in [0.15, 0.2) is 37.1 Å². The second kappa shape index (κ2) is 10.1. The third kappa shape index (κ3) is 5.32. The number of nitrogens with one attached hydrogen (secondary N) is 2. The summed E-state index contributed by atoms with van der Waals surface area (Å²) in [5, 5.41) is 13.8. The van der Waals surface area contributed by atoms with Gasteiger partial charge in [0, 0.05) is 31.5 Å². The fraction of sp³-hybridized carbons (Fsp3) is 0.348. The first-order valence-corrected chi connectivity index (χ1v) is 11.8. The van der Waals surface area contributed by atoms with Gasteiger partial charge in [-0.2, -0.15) is 10.2 Å². The molecule has 1 aliphatic heterocycles. The highest BCUT2D eigenvalue weighted by molar-refractivity contribution is 7.21. The number of hydrogen-bond donors (Lipinski definition) is 2. The normalized spacial score (nSPS) is 15.7. The van der Waals surface area contributed by atoms with Crippen LogP contribution in [0, 0.1) is 12.8 Å². The molecular weight excluding hydrogens is 452 g/mol. The van der Waals surface area contributed by atoms with Crippen molar-refractivity contribution in [1.29, 1.82) is 0 Å². The number of fused-ring (bicyclic) bond motifs is 1. The maximum absolute atomic E-state index is 12.8.